The minimum Gasteiger partial charge on any atom is -0.461 e. The zero-order chi connectivity index (χ0) is 22.0. The van der Waals surface area contributed by atoms with E-state index in [4.69, 9.17) is 14.2 Å². The molecule has 1 aliphatic carbocycles. The fourth-order valence-electron chi connectivity index (χ4n) is 2.53. The van der Waals surface area contributed by atoms with Crippen LogP contribution in [-0.4, -0.2) is 52.6 Å². The van der Waals surface area contributed by atoms with Gasteiger partial charge in [-0.2, -0.15) is 12.6 Å². The van der Waals surface area contributed by atoms with Crippen LogP contribution in [0.3, 0.4) is 0 Å². The van der Waals surface area contributed by atoms with Crippen molar-refractivity contribution >= 4 is 47.5 Å². The largest absolute Gasteiger partial charge is 0.461 e. The second-order valence-corrected chi connectivity index (χ2v) is 9.57. The number of ether oxygens (including phenoxy) is 3. The van der Waals surface area contributed by atoms with E-state index in [1.807, 2.05) is 0 Å². The molecule has 0 aromatic rings. The summed E-state index contributed by atoms with van der Waals surface area (Å²) in [4.78, 5) is 48.2. The predicted molar refractivity (Wildman–Crippen MR) is 113 cm³/mol. The molecule has 0 aromatic carbocycles. The van der Waals surface area contributed by atoms with Crippen LogP contribution < -0.4 is 5.32 Å². The molecule has 1 atom stereocenters. The maximum absolute atomic E-state index is 12.6. The Morgan fingerprint density at radius 3 is 2.24 bits per heavy atom. The van der Waals surface area contributed by atoms with Gasteiger partial charge in [0.2, 0.25) is 12.7 Å². The Hall–Kier alpha value is -1.42. The van der Waals surface area contributed by atoms with Gasteiger partial charge in [-0.25, -0.2) is 9.59 Å². The summed E-state index contributed by atoms with van der Waals surface area (Å²) in [5, 5.41) is 1.82. The van der Waals surface area contributed by atoms with E-state index in [1.165, 1.54) is 13.8 Å². The number of amides is 1. The molecule has 1 fully saturated rings. The van der Waals surface area contributed by atoms with Gasteiger partial charge in [0.25, 0.3) is 0 Å². The van der Waals surface area contributed by atoms with Crippen molar-refractivity contribution < 1.29 is 33.4 Å². The summed E-state index contributed by atoms with van der Waals surface area (Å²) in [5.74, 6) is -1.81. The molecule has 1 N–H and O–H groups in total. The quantitative estimate of drug-likeness (QED) is 0.314. The molecule has 0 aliphatic heterocycles. The van der Waals surface area contributed by atoms with Crippen molar-refractivity contribution in [3.63, 3.8) is 0 Å². The van der Waals surface area contributed by atoms with Gasteiger partial charge in [-0.15, -0.1) is 0 Å². The van der Waals surface area contributed by atoms with Gasteiger partial charge in [0.05, 0.1) is 10.7 Å². The lowest BCUT2D eigenvalue weighted by Crippen LogP contribution is -2.50. The third-order valence-corrected chi connectivity index (χ3v) is 5.69. The third-order valence-electron chi connectivity index (χ3n) is 4.34. The highest BCUT2D eigenvalue weighted by Gasteiger charge is 2.35. The second-order valence-electron chi connectivity index (χ2n) is 7.65. The molecule has 29 heavy (non-hydrogen) atoms. The van der Waals surface area contributed by atoms with Crippen LogP contribution in [0.1, 0.15) is 59.8 Å². The van der Waals surface area contributed by atoms with Crippen LogP contribution in [0.4, 0.5) is 4.79 Å². The fraction of sp³-hybridized carbons (Fsp3) is 0.789. The first kappa shape index (κ1) is 25.6. The highest BCUT2D eigenvalue weighted by Crippen LogP contribution is 2.27. The molecular formula is C19H31NO7S2. The van der Waals surface area contributed by atoms with Gasteiger partial charge in [-0.3, -0.25) is 9.59 Å². The number of carbonyl (C=O) groups excluding carboxylic acids is 4. The van der Waals surface area contributed by atoms with Crippen molar-refractivity contribution in [2.24, 2.45) is 5.92 Å². The molecule has 1 saturated carbocycles. The maximum Gasteiger partial charge on any atom is 0.371 e. The van der Waals surface area contributed by atoms with Gasteiger partial charge in [-0.05, 0) is 51.3 Å². The molecule has 0 spiro atoms. The first-order valence-electron chi connectivity index (χ1n) is 9.71. The summed E-state index contributed by atoms with van der Waals surface area (Å²) in [6.45, 7) is 5.84. The number of hydrogen-bond donors (Lipinski definition) is 2. The summed E-state index contributed by atoms with van der Waals surface area (Å²) in [5.41, 5.74) is 0. The highest BCUT2D eigenvalue weighted by molar-refractivity contribution is 8.15. The minimum absolute atomic E-state index is 0.0770. The molecule has 0 aromatic heterocycles. The van der Waals surface area contributed by atoms with Crippen molar-refractivity contribution in [3.05, 3.63) is 0 Å². The lowest BCUT2D eigenvalue weighted by atomic mass is 9.98. The molecule has 0 heterocycles. The highest BCUT2D eigenvalue weighted by atomic mass is 32.2. The van der Waals surface area contributed by atoms with Crippen LogP contribution >= 0.6 is 24.4 Å². The monoisotopic (exact) mass is 449 g/mol. The van der Waals surface area contributed by atoms with Crippen LogP contribution in [0.5, 0.6) is 0 Å². The molecule has 0 radical (unpaired) electrons. The summed E-state index contributed by atoms with van der Waals surface area (Å²) in [6.07, 6.45) is 4.71. The van der Waals surface area contributed by atoms with E-state index in [-0.39, 0.29) is 17.8 Å². The van der Waals surface area contributed by atoms with E-state index in [0.717, 1.165) is 32.1 Å². The fourth-order valence-corrected chi connectivity index (χ4v) is 3.44. The number of carbonyl (C=O) groups is 4. The van der Waals surface area contributed by atoms with Crippen molar-refractivity contribution in [2.45, 2.75) is 76.7 Å². The van der Waals surface area contributed by atoms with Crippen LogP contribution in [-0.2, 0) is 28.6 Å². The topological polar surface area (TPSA) is 108 Å². The predicted octanol–water partition coefficient (Wildman–Crippen LogP) is 3.08. The number of esters is 2. The van der Waals surface area contributed by atoms with Crippen molar-refractivity contribution in [1.29, 1.82) is 0 Å². The van der Waals surface area contributed by atoms with E-state index in [9.17, 15) is 19.2 Å². The SMILES string of the molecule is CC(C)C(=O)OCOC(=O)SC(C)(C)C(=O)N[C@@H](CS)C(=O)OC1CCCCC1. The Bertz CT molecular complexity index is 589. The maximum atomic E-state index is 12.6. The average Bonchev–Trinajstić information content (AvgIpc) is 2.65. The Morgan fingerprint density at radius 2 is 1.69 bits per heavy atom. The summed E-state index contributed by atoms with van der Waals surface area (Å²) < 4.78 is 13.9. The van der Waals surface area contributed by atoms with Gasteiger partial charge >= 0.3 is 17.2 Å². The first-order valence-corrected chi connectivity index (χ1v) is 11.2. The number of nitrogens with one attached hydrogen (secondary N) is 1. The van der Waals surface area contributed by atoms with E-state index in [1.54, 1.807) is 13.8 Å². The molecule has 10 heteroatoms. The van der Waals surface area contributed by atoms with E-state index >= 15 is 0 Å². The van der Waals surface area contributed by atoms with Crippen LogP contribution in [0, 0.1) is 5.92 Å². The number of hydrogen-bond acceptors (Lipinski definition) is 9. The Morgan fingerprint density at radius 1 is 1.07 bits per heavy atom. The molecule has 1 aliphatic rings. The second kappa shape index (κ2) is 12.3. The molecule has 0 bridgehead atoms. The van der Waals surface area contributed by atoms with Crippen molar-refractivity contribution in [3.8, 4) is 0 Å². The number of thioether (sulfide) groups is 1. The van der Waals surface area contributed by atoms with Crippen LogP contribution in [0.25, 0.3) is 0 Å². The number of rotatable bonds is 9. The van der Waals surface area contributed by atoms with Gasteiger partial charge in [-0.1, -0.05) is 20.3 Å². The van der Waals surface area contributed by atoms with Crippen LogP contribution in [0.15, 0.2) is 0 Å². The van der Waals surface area contributed by atoms with Crippen LogP contribution in [0.2, 0.25) is 0 Å². The normalized spacial score (nSPS) is 16.1. The lowest BCUT2D eigenvalue weighted by molar-refractivity contribution is -0.155. The van der Waals surface area contributed by atoms with Crippen molar-refractivity contribution in [2.75, 3.05) is 12.5 Å². The third kappa shape index (κ3) is 9.29. The Labute approximate surface area is 181 Å². The van der Waals surface area contributed by atoms with Gasteiger partial charge in [0, 0.05) is 5.75 Å². The Kier molecular flexibility index (Phi) is 10.9. The molecule has 1 rings (SSSR count). The van der Waals surface area contributed by atoms with E-state index < -0.39 is 40.7 Å². The zero-order valence-corrected chi connectivity index (χ0v) is 19.1. The smallest absolute Gasteiger partial charge is 0.371 e. The summed E-state index contributed by atoms with van der Waals surface area (Å²) in [7, 11) is 0. The standard InChI is InChI=1S/C19H31NO7S2/c1-12(2)15(21)25-11-26-18(24)29-19(3,4)17(23)20-14(10-28)16(22)27-13-8-6-5-7-9-13/h12-14,28H,5-11H2,1-4H3,(H,20,23)/t14-/m0/s1. The molecule has 166 valence electrons. The molecule has 0 saturated heterocycles. The zero-order valence-electron chi connectivity index (χ0n) is 17.4. The average molecular weight is 450 g/mol. The van der Waals surface area contributed by atoms with Gasteiger partial charge < -0.3 is 19.5 Å². The molecule has 1 amide bonds. The lowest BCUT2D eigenvalue weighted by Gasteiger charge is -2.27. The van der Waals surface area contributed by atoms with E-state index in [0.29, 0.717) is 11.8 Å². The Balaban J connectivity index is 2.49. The van der Waals surface area contributed by atoms with E-state index in [2.05, 4.69) is 17.9 Å². The number of thiol groups is 1. The van der Waals surface area contributed by atoms with Gasteiger partial charge in [0.15, 0.2) is 0 Å². The minimum atomic E-state index is -1.22. The molecule has 8 nitrogen and oxygen atoms in total. The summed E-state index contributed by atoms with van der Waals surface area (Å²) >= 11 is 4.76. The first-order chi connectivity index (χ1) is 13.6. The summed E-state index contributed by atoms with van der Waals surface area (Å²) in [6, 6.07) is -0.907. The molecular weight excluding hydrogens is 418 g/mol. The molecule has 0 unspecified atom stereocenters. The van der Waals surface area contributed by atoms with Gasteiger partial charge in [0.1, 0.15) is 12.1 Å². The van der Waals surface area contributed by atoms with Crippen molar-refractivity contribution in [1.82, 2.24) is 5.32 Å².